The van der Waals surface area contributed by atoms with Gasteiger partial charge in [0.1, 0.15) is 11.8 Å². The summed E-state index contributed by atoms with van der Waals surface area (Å²) in [6.07, 6.45) is 2.98. The molecule has 2 aromatic rings. The van der Waals surface area contributed by atoms with Gasteiger partial charge in [-0.25, -0.2) is 8.42 Å². The van der Waals surface area contributed by atoms with E-state index in [1.807, 2.05) is 44.2 Å². The van der Waals surface area contributed by atoms with Crippen LogP contribution in [0.5, 0.6) is 5.75 Å². The van der Waals surface area contributed by atoms with Crippen molar-refractivity contribution < 1.29 is 22.7 Å². The molecule has 0 saturated heterocycles. The predicted octanol–water partition coefficient (Wildman–Crippen LogP) is 3.62. The van der Waals surface area contributed by atoms with Crippen LogP contribution in [0.3, 0.4) is 0 Å². The number of sulfonamides is 1. The third-order valence-electron chi connectivity index (χ3n) is 6.15. The van der Waals surface area contributed by atoms with Crippen LogP contribution in [0.4, 0.5) is 5.69 Å². The van der Waals surface area contributed by atoms with Crippen molar-refractivity contribution in [3.05, 3.63) is 60.2 Å². The average Bonchev–Trinajstić information content (AvgIpc) is 2.86. The molecule has 0 unspecified atom stereocenters. The Bertz CT molecular complexity index is 1090. The Morgan fingerprint density at radius 3 is 2.33 bits per heavy atom. The summed E-state index contributed by atoms with van der Waals surface area (Å²) in [6.45, 7) is 6.18. The predicted molar refractivity (Wildman–Crippen MR) is 144 cm³/mol. The molecule has 198 valence electrons. The van der Waals surface area contributed by atoms with Gasteiger partial charge >= 0.3 is 0 Å². The Labute approximate surface area is 215 Å². The molecule has 0 fully saturated rings. The zero-order valence-electron chi connectivity index (χ0n) is 21.9. The summed E-state index contributed by atoms with van der Waals surface area (Å²) in [5.74, 6) is 0.169. The normalized spacial score (nSPS) is 12.9. The van der Waals surface area contributed by atoms with E-state index in [-0.39, 0.29) is 30.8 Å². The fourth-order valence-electron chi connectivity index (χ4n) is 3.81. The molecular weight excluding hydrogens is 478 g/mol. The minimum atomic E-state index is -3.56. The van der Waals surface area contributed by atoms with Crippen molar-refractivity contribution in [2.45, 2.75) is 58.5 Å². The molecule has 2 rings (SSSR count). The van der Waals surface area contributed by atoms with Crippen LogP contribution in [-0.2, 0) is 26.0 Å². The highest BCUT2D eigenvalue weighted by atomic mass is 32.2. The van der Waals surface area contributed by atoms with Crippen LogP contribution in [0, 0.1) is 0 Å². The summed E-state index contributed by atoms with van der Waals surface area (Å²) in [6, 6.07) is 16.0. The molecule has 0 aliphatic carbocycles. The second-order valence-electron chi connectivity index (χ2n) is 8.96. The van der Waals surface area contributed by atoms with Crippen LogP contribution in [0.1, 0.15) is 45.6 Å². The van der Waals surface area contributed by atoms with E-state index in [0.29, 0.717) is 30.8 Å². The number of nitrogens with one attached hydrogen (secondary N) is 1. The molecule has 0 radical (unpaired) electrons. The quantitative estimate of drug-likeness (QED) is 0.413. The van der Waals surface area contributed by atoms with Crippen molar-refractivity contribution in [1.82, 2.24) is 10.2 Å². The fourth-order valence-corrected chi connectivity index (χ4v) is 4.76. The zero-order valence-corrected chi connectivity index (χ0v) is 22.8. The smallest absolute Gasteiger partial charge is 0.242 e. The van der Waals surface area contributed by atoms with Gasteiger partial charge in [0.15, 0.2) is 0 Å². The molecule has 0 spiro atoms. The number of hydrogen-bond donors (Lipinski definition) is 1. The number of carbonyl (C=O) groups is 2. The first-order valence-corrected chi connectivity index (χ1v) is 14.2. The SMILES string of the molecule is CC[C@@H](C)NC(=O)[C@H](C)N(CCc1ccccc1)C(=O)CCCN(c1cccc(OC)c1)S(C)(=O)=O. The summed E-state index contributed by atoms with van der Waals surface area (Å²) in [5.41, 5.74) is 1.55. The minimum Gasteiger partial charge on any atom is -0.497 e. The molecule has 8 nitrogen and oxygen atoms in total. The Kier molecular flexibility index (Phi) is 11.2. The molecule has 2 amide bonds. The Morgan fingerprint density at radius 1 is 1.03 bits per heavy atom. The summed E-state index contributed by atoms with van der Waals surface area (Å²) in [5, 5.41) is 2.96. The molecule has 2 aromatic carbocycles. The van der Waals surface area contributed by atoms with Crippen LogP contribution >= 0.6 is 0 Å². The number of methoxy groups -OCH3 is 1. The molecule has 0 aromatic heterocycles. The van der Waals surface area contributed by atoms with E-state index in [1.165, 1.54) is 11.4 Å². The van der Waals surface area contributed by atoms with Gasteiger partial charge in [-0.05, 0) is 50.8 Å². The summed E-state index contributed by atoms with van der Waals surface area (Å²) >= 11 is 0. The highest BCUT2D eigenvalue weighted by Crippen LogP contribution is 2.23. The van der Waals surface area contributed by atoms with Gasteiger partial charge < -0.3 is 15.0 Å². The van der Waals surface area contributed by atoms with Crippen LogP contribution in [0.15, 0.2) is 54.6 Å². The van der Waals surface area contributed by atoms with Gasteiger partial charge in [-0.2, -0.15) is 0 Å². The van der Waals surface area contributed by atoms with E-state index >= 15 is 0 Å². The molecule has 0 aliphatic rings. The van der Waals surface area contributed by atoms with Gasteiger partial charge in [-0.15, -0.1) is 0 Å². The third kappa shape index (κ3) is 8.86. The second kappa shape index (κ2) is 13.9. The monoisotopic (exact) mass is 517 g/mol. The molecule has 0 heterocycles. The van der Waals surface area contributed by atoms with Crippen molar-refractivity contribution in [2.24, 2.45) is 0 Å². The Hall–Kier alpha value is -3.07. The van der Waals surface area contributed by atoms with Gasteiger partial charge in [0, 0.05) is 31.6 Å². The number of anilines is 1. The number of benzene rings is 2. The summed E-state index contributed by atoms with van der Waals surface area (Å²) in [7, 11) is -2.05. The van der Waals surface area contributed by atoms with Crippen LogP contribution < -0.4 is 14.4 Å². The molecule has 0 aliphatic heterocycles. The largest absolute Gasteiger partial charge is 0.497 e. The number of ether oxygens (including phenoxy) is 1. The molecule has 0 saturated carbocycles. The Morgan fingerprint density at radius 2 is 1.72 bits per heavy atom. The zero-order chi connectivity index (χ0) is 26.7. The van der Waals surface area contributed by atoms with Crippen molar-refractivity contribution >= 4 is 27.5 Å². The standard InChI is InChI=1S/C27H39N3O5S/c1-6-21(2)28-27(32)22(3)29(19-17-23-12-8-7-9-13-23)26(31)16-11-18-30(36(5,33)34)24-14-10-15-25(20-24)35-4/h7-10,12-15,20-22H,6,11,16-19H2,1-5H3,(H,28,32)/t21-,22+/m1/s1. The Balaban J connectivity index is 2.12. The van der Waals surface area contributed by atoms with Crippen molar-refractivity contribution in [3.8, 4) is 5.75 Å². The number of amides is 2. The van der Waals surface area contributed by atoms with E-state index < -0.39 is 16.1 Å². The first-order valence-electron chi connectivity index (χ1n) is 12.3. The lowest BCUT2D eigenvalue weighted by molar-refractivity contribution is -0.140. The second-order valence-corrected chi connectivity index (χ2v) is 10.9. The lowest BCUT2D eigenvalue weighted by atomic mass is 10.1. The number of rotatable bonds is 14. The molecular formula is C27H39N3O5S. The lowest BCUT2D eigenvalue weighted by Gasteiger charge is -2.30. The van der Waals surface area contributed by atoms with Gasteiger partial charge in [-0.1, -0.05) is 43.3 Å². The highest BCUT2D eigenvalue weighted by molar-refractivity contribution is 7.92. The molecule has 36 heavy (non-hydrogen) atoms. The van der Waals surface area contributed by atoms with Crippen LogP contribution in [-0.4, -0.2) is 63.7 Å². The maximum absolute atomic E-state index is 13.3. The number of nitrogens with zero attached hydrogens (tertiary/aromatic N) is 2. The molecule has 2 atom stereocenters. The van der Waals surface area contributed by atoms with E-state index in [2.05, 4.69) is 5.32 Å². The average molecular weight is 518 g/mol. The van der Waals surface area contributed by atoms with Gasteiger partial charge in [-0.3, -0.25) is 13.9 Å². The van der Waals surface area contributed by atoms with Crippen molar-refractivity contribution in [3.63, 3.8) is 0 Å². The minimum absolute atomic E-state index is 0.0113. The maximum atomic E-state index is 13.3. The molecule has 9 heteroatoms. The molecule has 0 bridgehead atoms. The van der Waals surface area contributed by atoms with E-state index in [9.17, 15) is 18.0 Å². The lowest BCUT2D eigenvalue weighted by Crippen LogP contribution is -2.50. The third-order valence-corrected chi connectivity index (χ3v) is 7.34. The van der Waals surface area contributed by atoms with E-state index in [4.69, 9.17) is 4.74 Å². The number of hydrogen-bond acceptors (Lipinski definition) is 5. The molecule has 1 N–H and O–H groups in total. The van der Waals surface area contributed by atoms with Crippen molar-refractivity contribution in [2.75, 3.05) is 30.8 Å². The van der Waals surface area contributed by atoms with Crippen LogP contribution in [0.2, 0.25) is 0 Å². The number of carbonyl (C=O) groups excluding carboxylic acids is 2. The van der Waals surface area contributed by atoms with Crippen molar-refractivity contribution in [1.29, 1.82) is 0 Å². The summed E-state index contributed by atoms with van der Waals surface area (Å²) in [4.78, 5) is 27.7. The first kappa shape index (κ1) is 29.2. The van der Waals surface area contributed by atoms with Crippen LogP contribution in [0.25, 0.3) is 0 Å². The van der Waals surface area contributed by atoms with Gasteiger partial charge in [0.2, 0.25) is 21.8 Å². The highest BCUT2D eigenvalue weighted by Gasteiger charge is 2.27. The maximum Gasteiger partial charge on any atom is 0.242 e. The fraction of sp³-hybridized carbons (Fsp3) is 0.481. The topological polar surface area (TPSA) is 96.0 Å². The van der Waals surface area contributed by atoms with Gasteiger partial charge in [0.25, 0.3) is 0 Å². The first-order chi connectivity index (χ1) is 17.1. The van der Waals surface area contributed by atoms with E-state index in [1.54, 1.807) is 36.1 Å². The van der Waals surface area contributed by atoms with Gasteiger partial charge in [0.05, 0.1) is 19.1 Å². The summed E-state index contributed by atoms with van der Waals surface area (Å²) < 4.78 is 31.4. The van der Waals surface area contributed by atoms with E-state index in [0.717, 1.165) is 18.2 Å².